The highest BCUT2D eigenvalue weighted by Gasteiger charge is 2.17. The van der Waals surface area contributed by atoms with Gasteiger partial charge in [0, 0.05) is 46.7 Å². The fourth-order valence-electron chi connectivity index (χ4n) is 3.49. The normalized spacial score (nSPS) is 16.2. The van der Waals surface area contributed by atoms with Gasteiger partial charge in [-0.05, 0) is 50.0 Å². The van der Waals surface area contributed by atoms with Gasteiger partial charge in [0.15, 0.2) is 0 Å². The Morgan fingerprint density at radius 2 is 2.04 bits per heavy atom. The van der Waals surface area contributed by atoms with E-state index >= 15 is 0 Å². The highest BCUT2D eigenvalue weighted by atomic mass is 32.1. The van der Waals surface area contributed by atoms with E-state index < -0.39 is 13.7 Å². The molecule has 4 heteroatoms. The van der Waals surface area contributed by atoms with Crippen molar-refractivity contribution in [1.29, 1.82) is 0 Å². The van der Waals surface area contributed by atoms with E-state index in [1.807, 2.05) is 24.6 Å². The largest absolute Gasteiger partial charge is 0.326 e. The van der Waals surface area contributed by atoms with Crippen LogP contribution in [0.5, 0.6) is 0 Å². The minimum absolute atomic E-state index is 0.234. The molecule has 0 saturated heterocycles. The highest BCUT2D eigenvalue weighted by molar-refractivity contribution is 7.26. The molecular formula is C22H19N3S. The van der Waals surface area contributed by atoms with Crippen molar-refractivity contribution in [2.45, 2.75) is 20.6 Å². The molecular weight excluding hydrogens is 338 g/mol. The molecule has 0 aliphatic carbocycles. The number of benzene rings is 2. The van der Waals surface area contributed by atoms with Gasteiger partial charge in [0.25, 0.3) is 0 Å². The van der Waals surface area contributed by atoms with Gasteiger partial charge in [-0.1, -0.05) is 18.2 Å². The molecule has 26 heavy (non-hydrogen) atoms. The van der Waals surface area contributed by atoms with Crippen LogP contribution in [0.4, 0.5) is 0 Å². The number of imidazole rings is 1. The van der Waals surface area contributed by atoms with Crippen LogP contribution in [0.15, 0.2) is 42.6 Å². The first-order valence-electron chi connectivity index (χ1n) is 11.2. The Morgan fingerprint density at radius 1 is 1.12 bits per heavy atom. The maximum absolute atomic E-state index is 8.06. The van der Waals surface area contributed by atoms with Gasteiger partial charge in [-0.3, -0.25) is 4.98 Å². The topological polar surface area (TPSA) is 30.7 Å². The van der Waals surface area contributed by atoms with Crippen LogP contribution >= 0.6 is 11.3 Å². The molecule has 3 heterocycles. The Morgan fingerprint density at radius 3 is 2.88 bits per heavy atom. The first-order chi connectivity index (χ1) is 14.9. The molecule has 3 aromatic heterocycles. The number of rotatable bonds is 1. The second kappa shape index (κ2) is 5.39. The van der Waals surface area contributed by atoms with Gasteiger partial charge in [0.1, 0.15) is 5.82 Å². The molecule has 0 amide bonds. The molecule has 5 rings (SSSR count). The third-order valence-electron chi connectivity index (χ3n) is 4.77. The smallest absolute Gasteiger partial charge is 0.142 e. The van der Waals surface area contributed by atoms with Crippen LogP contribution in [0.25, 0.3) is 42.6 Å². The van der Waals surface area contributed by atoms with Gasteiger partial charge in [0.05, 0.1) is 17.2 Å². The maximum Gasteiger partial charge on any atom is 0.142 e. The summed E-state index contributed by atoms with van der Waals surface area (Å²) in [6.45, 7) is -2.63. The summed E-state index contributed by atoms with van der Waals surface area (Å²) in [4.78, 5) is 9.18. The predicted molar refractivity (Wildman–Crippen MR) is 111 cm³/mol. The third-order valence-corrected chi connectivity index (χ3v) is 5.95. The third kappa shape index (κ3) is 2.12. The minimum atomic E-state index is -2.30. The lowest BCUT2D eigenvalue weighted by molar-refractivity contribution is 0.957. The summed E-state index contributed by atoms with van der Waals surface area (Å²) in [7, 11) is 1.91. The van der Waals surface area contributed by atoms with Gasteiger partial charge in [-0.25, -0.2) is 4.98 Å². The van der Waals surface area contributed by atoms with Gasteiger partial charge in [0.2, 0.25) is 0 Å². The number of nitrogens with zero attached hydrogens (tertiary/aromatic N) is 3. The monoisotopic (exact) mass is 363 g/mol. The van der Waals surface area contributed by atoms with Gasteiger partial charge in [-0.2, -0.15) is 0 Å². The molecule has 0 saturated carbocycles. The van der Waals surface area contributed by atoms with E-state index in [0.717, 1.165) is 37.1 Å². The highest BCUT2D eigenvalue weighted by Crippen LogP contribution is 2.41. The molecule has 0 fully saturated rings. The molecule has 0 aliphatic rings. The Bertz CT molecular complexity index is 1520. The molecule has 0 atom stereocenters. The maximum atomic E-state index is 8.06. The average molecular weight is 364 g/mol. The molecule has 3 nitrogen and oxygen atoms in total. The average Bonchev–Trinajstić information content (AvgIpc) is 3.23. The molecule has 2 aromatic carbocycles. The van der Waals surface area contributed by atoms with Crippen LogP contribution in [0.2, 0.25) is 0 Å². The minimum Gasteiger partial charge on any atom is -0.326 e. The summed E-state index contributed by atoms with van der Waals surface area (Å²) in [5.74, 6) is 0.706. The second-order valence-electron chi connectivity index (χ2n) is 6.49. The van der Waals surface area contributed by atoms with Gasteiger partial charge in [-0.15, -0.1) is 11.3 Å². The van der Waals surface area contributed by atoms with E-state index in [1.54, 1.807) is 36.5 Å². The molecule has 0 spiro atoms. The standard InChI is InChI=1S/C22H19N3S/c1-12-5-7-15-19(9-12)26-21-16(8-6-13(2)20(15)21)22-24-17-10-14(3)23-11-18(17)25(22)4/h5-11H,1-4H3/i1D3,2D3. The molecule has 128 valence electrons. The number of hydrogen-bond donors (Lipinski definition) is 0. The number of aryl methyl sites for hydroxylation is 4. The van der Waals surface area contributed by atoms with Crippen molar-refractivity contribution >= 4 is 42.5 Å². The number of fused-ring (bicyclic) bond motifs is 4. The van der Waals surface area contributed by atoms with E-state index in [2.05, 4.69) is 4.98 Å². The van der Waals surface area contributed by atoms with Crippen LogP contribution in [-0.2, 0) is 7.05 Å². The van der Waals surface area contributed by atoms with E-state index in [1.165, 1.54) is 11.3 Å². The van der Waals surface area contributed by atoms with E-state index in [4.69, 9.17) is 13.2 Å². The quantitative estimate of drug-likeness (QED) is 0.370. The van der Waals surface area contributed by atoms with Crippen LogP contribution in [0, 0.1) is 20.6 Å². The van der Waals surface area contributed by atoms with Gasteiger partial charge >= 0.3 is 0 Å². The van der Waals surface area contributed by atoms with Gasteiger partial charge < -0.3 is 4.57 Å². The molecule has 0 N–H and O–H groups in total. The summed E-state index contributed by atoms with van der Waals surface area (Å²) >= 11 is 1.40. The SMILES string of the molecule is [2H]C([2H])([2H])c1ccc2c(c1)sc1c(-c3nc4cc(C)ncc4n3C)ccc(C([2H])([2H])[2H])c12. The molecule has 0 bridgehead atoms. The van der Waals surface area contributed by atoms with Crippen molar-refractivity contribution in [2.24, 2.45) is 7.05 Å². The number of thiophene rings is 1. The Hall–Kier alpha value is -2.72. The molecule has 0 unspecified atom stereocenters. The van der Waals surface area contributed by atoms with Crippen LogP contribution in [-0.4, -0.2) is 14.5 Å². The predicted octanol–water partition coefficient (Wildman–Crippen LogP) is 5.93. The van der Waals surface area contributed by atoms with E-state index in [9.17, 15) is 0 Å². The summed E-state index contributed by atoms with van der Waals surface area (Å²) in [6.07, 6.45) is 1.78. The zero-order valence-corrected chi connectivity index (χ0v) is 15.1. The Kier molecular flexibility index (Phi) is 2.16. The lowest BCUT2D eigenvalue weighted by atomic mass is 10.0. The first-order valence-corrected chi connectivity index (χ1v) is 9.06. The summed E-state index contributed by atoms with van der Waals surface area (Å²) in [5.41, 5.74) is 3.85. The Balaban J connectivity index is 1.88. The fourth-order valence-corrected chi connectivity index (χ4v) is 4.76. The van der Waals surface area contributed by atoms with Crippen molar-refractivity contribution in [3.63, 3.8) is 0 Å². The Labute approximate surface area is 164 Å². The zero-order chi connectivity index (χ0) is 23.0. The second-order valence-corrected chi connectivity index (χ2v) is 7.54. The zero-order valence-electron chi connectivity index (χ0n) is 20.3. The van der Waals surface area contributed by atoms with E-state index in [0.29, 0.717) is 11.2 Å². The first kappa shape index (κ1) is 10.4. The number of hydrogen-bond acceptors (Lipinski definition) is 3. The van der Waals surface area contributed by atoms with Crippen molar-refractivity contribution in [2.75, 3.05) is 0 Å². The van der Waals surface area contributed by atoms with Crippen LogP contribution in [0.1, 0.15) is 25.0 Å². The van der Waals surface area contributed by atoms with Crippen molar-refractivity contribution in [3.05, 3.63) is 59.4 Å². The van der Waals surface area contributed by atoms with Crippen LogP contribution < -0.4 is 0 Å². The summed E-state index contributed by atoms with van der Waals surface area (Å²) in [6, 6.07) is 10.3. The lowest BCUT2D eigenvalue weighted by Crippen LogP contribution is -1.93. The van der Waals surface area contributed by atoms with Crippen molar-refractivity contribution < 1.29 is 8.22 Å². The van der Waals surface area contributed by atoms with Crippen molar-refractivity contribution in [1.82, 2.24) is 14.5 Å². The lowest BCUT2D eigenvalue weighted by Gasteiger charge is -2.06. The molecule has 0 aliphatic heterocycles. The molecule has 0 radical (unpaired) electrons. The summed E-state index contributed by atoms with van der Waals surface area (Å²) in [5, 5.41) is 1.36. The van der Waals surface area contributed by atoms with E-state index in [-0.39, 0.29) is 11.1 Å². The van der Waals surface area contributed by atoms with Crippen LogP contribution in [0.3, 0.4) is 0 Å². The summed E-state index contributed by atoms with van der Waals surface area (Å²) < 4.78 is 50.8. The fraction of sp³-hybridized carbons (Fsp3) is 0.182. The number of pyridine rings is 1. The molecule has 5 aromatic rings. The van der Waals surface area contributed by atoms with Crippen molar-refractivity contribution in [3.8, 4) is 11.4 Å². The number of aromatic nitrogens is 3.